The summed E-state index contributed by atoms with van der Waals surface area (Å²) in [6.45, 7) is 0.933. The molecule has 0 fully saturated rings. The molecular weight excluding hydrogens is 272 g/mol. The summed E-state index contributed by atoms with van der Waals surface area (Å²) in [6, 6.07) is 3.55. The number of hydrogen-bond acceptors (Lipinski definition) is 3. The van der Waals surface area contributed by atoms with E-state index in [0.29, 0.717) is 0 Å². The van der Waals surface area contributed by atoms with Crippen LogP contribution in [0.25, 0.3) is 0 Å². The highest BCUT2D eigenvalue weighted by Gasteiger charge is 2.17. The molecule has 0 aliphatic heterocycles. The third-order valence-corrected chi connectivity index (χ3v) is 2.36. The van der Waals surface area contributed by atoms with E-state index in [1.165, 1.54) is 32.2 Å². The zero-order valence-corrected chi connectivity index (χ0v) is 11.0. The maximum atomic E-state index is 12.9. The SMILES string of the molecule is CNC(=O)Nc1cccc(C(F)F)c1CONC(C)=O. The Kier molecular flexibility index (Phi) is 5.85. The molecule has 1 aromatic carbocycles. The van der Waals surface area contributed by atoms with Gasteiger partial charge in [0.15, 0.2) is 0 Å². The lowest BCUT2D eigenvalue weighted by Gasteiger charge is -2.15. The molecule has 0 aromatic heterocycles. The zero-order chi connectivity index (χ0) is 15.1. The molecule has 0 unspecified atom stereocenters. The largest absolute Gasteiger partial charge is 0.341 e. The smallest absolute Gasteiger partial charge is 0.318 e. The monoisotopic (exact) mass is 287 g/mol. The molecule has 0 heterocycles. The number of carbonyl (C=O) groups excluding carboxylic acids is 2. The number of nitrogens with one attached hydrogen (secondary N) is 3. The van der Waals surface area contributed by atoms with Crippen molar-refractivity contribution in [3.05, 3.63) is 29.3 Å². The zero-order valence-electron chi connectivity index (χ0n) is 11.0. The molecule has 0 spiro atoms. The van der Waals surface area contributed by atoms with Crippen molar-refractivity contribution >= 4 is 17.6 Å². The summed E-state index contributed by atoms with van der Waals surface area (Å²) in [5.41, 5.74) is 2.05. The van der Waals surface area contributed by atoms with E-state index >= 15 is 0 Å². The molecule has 3 N–H and O–H groups in total. The van der Waals surface area contributed by atoms with Crippen LogP contribution in [0.3, 0.4) is 0 Å². The third kappa shape index (κ3) is 4.47. The van der Waals surface area contributed by atoms with Crippen LogP contribution in [0.2, 0.25) is 0 Å². The number of hydrogen-bond donors (Lipinski definition) is 3. The predicted molar refractivity (Wildman–Crippen MR) is 68.1 cm³/mol. The quantitative estimate of drug-likeness (QED) is 0.724. The lowest BCUT2D eigenvalue weighted by Crippen LogP contribution is -2.26. The number of alkyl halides is 2. The molecule has 20 heavy (non-hydrogen) atoms. The van der Waals surface area contributed by atoms with Gasteiger partial charge in [-0.1, -0.05) is 12.1 Å². The van der Waals surface area contributed by atoms with Crippen LogP contribution in [0, 0.1) is 0 Å². The van der Waals surface area contributed by atoms with Crippen molar-refractivity contribution in [2.24, 2.45) is 0 Å². The molecule has 0 atom stereocenters. The van der Waals surface area contributed by atoms with Crippen molar-refractivity contribution < 1.29 is 23.2 Å². The van der Waals surface area contributed by atoms with Crippen molar-refractivity contribution in [1.82, 2.24) is 10.8 Å². The molecule has 0 aliphatic rings. The van der Waals surface area contributed by atoms with E-state index in [1.807, 2.05) is 5.48 Å². The Labute approximate surface area is 114 Å². The Morgan fingerprint density at radius 2 is 2.05 bits per heavy atom. The number of hydroxylamine groups is 1. The fourth-order valence-electron chi connectivity index (χ4n) is 1.48. The van der Waals surface area contributed by atoms with E-state index in [9.17, 15) is 18.4 Å². The van der Waals surface area contributed by atoms with E-state index in [4.69, 9.17) is 4.84 Å². The van der Waals surface area contributed by atoms with Gasteiger partial charge in [0.1, 0.15) is 6.61 Å². The van der Waals surface area contributed by atoms with Gasteiger partial charge < -0.3 is 10.6 Å². The number of halogens is 2. The van der Waals surface area contributed by atoms with Crippen LogP contribution >= 0.6 is 0 Å². The molecule has 0 saturated carbocycles. The lowest BCUT2D eigenvalue weighted by atomic mass is 10.1. The second-order valence-corrected chi connectivity index (χ2v) is 3.83. The minimum Gasteiger partial charge on any atom is -0.341 e. The maximum Gasteiger partial charge on any atom is 0.318 e. The Balaban J connectivity index is 2.99. The van der Waals surface area contributed by atoms with Crippen molar-refractivity contribution in [2.75, 3.05) is 12.4 Å². The summed E-state index contributed by atoms with van der Waals surface area (Å²) in [7, 11) is 1.40. The van der Waals surface area contributed by atoms with Crippen LogP contribution in [-0.4, -0.2) is 19.0 Å². The molecule has 0 bridgehead atoms. The van der Waals surface area contributed by atoms with Crippen molar-refractivity contribution in [2.45, 2.75) is 20.0 Å². The summed E-state index contributed by atoms with van der Waals surface area (Å²) in [5, 5.41) is 4.73. The lowest BCUT2D eigenvalue weighted by molar-refractivity contribution is -0.132. The van der Waals surface area contributed by atoms with Crippen LogP contribution in [0.1, 0.15) is 24.5 Å². The Morgan fingerprint density at radius 1 is 1.35 bits per heavy atom. The Morgan fingerprint density at radius 3 is 2.60 bits per heavy atom. The first-order valence-corrected chi connectivity index (χ1v) is 5.72. The standard InChI is InChI=1S/C12H15F2N3O3/c1-7(18)17-20-6-9-8(11(13)14)4-3-5-10(9)16-12(19)15-2/h3-5,11H,6H2,1-2H3,(H,17,18)(H2,15,16,19). The molecule has 3 amide bonds. The minimum absolute atomic E-state index is 0.0971. The van der Waals surface area contributed by atoms with Gasteiger partial charge in [-0.3, -0.25) is 9.63 Å². The average Bonchev–Trinajstić information content (AvgIpc) is 2.39. The van der Waals surface area contributed by atoms with E-state index in [-0.39, 0.29) is 23.4 Å². The summed E-state index contributed by atoms with van der Waals surface area (Å²) in [4.78, 5) is 26.8. The van der Waals surface area contributed by atoms with Gasteiger partial charge in [0.2, 0.25) is 5.91 Å². The number of carbonyl (C=O) groups is 2. The van der Waals surface area contributed by atoms with Gasteiger partial charge in [-0.2, -0.15) is 0 Å². The highest BCUT2D eigenvalue weighted by Crippen LogP contribution is 2.29. The Hall–Kier alpha value is -2.22. The minimum atomic E-state index is -2.72. The number of benzene rings is 1. The van der Waals surface area contributed by atoms with Crippen molar-refractivity contribution in [3.8, 4) is 0 Å². The fraction of sp³-hybridized carbons (Fsp3) is 0.333. The average molecular weight is 287 g/mol. The highest BCUT2D eigenvalue weighted by atomic mass is 19.3. The van der Waals surface area contributed by atoms with Crippen LogP contribution < -0.4 is 16.1 Å². The number of urea groups is 1. The van der Waals surface area contributed by atoms with Gasteiger partial charge in [0.05, 0.1) is 0 Å². The molecule has 6 nitrogen and oxygen atoms in total. The molecule has 0 radical (unpaired) electrons. The van der Waals surface area contributed by atoms with Crippen LogP contribution in [0.5, 0.6) is 0 Å². The maximum absolute atomic E-state index is 12.9. The predicted octanol–water partition coefficient (Wildman–Crippen LogP) is 1.94. The van der Waals surface area contributed by atoms with E-state index in [0.717, 1.165) is 0 Å². The van der Waals surface area contributed by atoms with Crippen LogP contribution in [0.4, 0.5) is 19.3 Å². The summed E-state index contributed by atoms with van der Waals surface area (Å²) < 4.78 is 25.9. The molecular formula is C12H15F2N3O3. The highest BCUT2D eigenvalue weighted by molar-refractivity contribution is 5.90. The van der Waals surface area contributed by atoms with Crippen LogP contribution in [-0.2, 0) is 16.2 Å². The molecule has 1 rings (SSSR count). The molecule has 1 aromatic rings. The number of anilines is 1. The first-order valence-electron chi connectivity index (χ1n) is 5.72. The van der Waals surface area contributed by atoms with Gasteiger partial charge in [0, 0.05) is 30.8 Å². The first-order chi connectivity index (χ1) is 9.45. The summed E-state index contributed by atoms with van der Waals surface area (Å²) in [5.74, 6) is -0.458. The Bertz CT molecular complexity index is 495. The van der Waals surface area contributed by atoms with E-state index in [2.05, 4.69) is 10.6 Å². The molecule has 0 saturated heterocycles. The second kappa shape index (κ2) is 7.39. The van der Waals surface area contributed by atoms with Gasteiger partial charge in [0.25, 0.3) is 6.43 Å². The van der Waals surface area contributed by atoms with Gasteiger partial charge in [-0.05, 0) is 6.07 Å². The van der Waals surface area contributed by atoms with Gasteiger partial charge >= 0.3 is 6.03 Å². The topological polar surface area (TPSA) is 79.5 Å². The summed E-state index contributed by atoms with van der Waals surface area (Å²) >= 11 is 0. The third-order valence-electron chi connectivity index (χ3n) is 2.36. The van der Waals surface area contributed by atoms with Crippen molar-refractivity contribution in [3.63, 3.8) is 0 Å². The van der Waals surface area contributed by atoms with Gasteiger partial charge in [-0.25, -0.2) is 19.1 Å². The molecule has 110 valence electrons. The van der Waals surface area contributed by atoms with Crippen LogP contribution in [0.15, 0.2) is 18.2 Å². The number of rotatable bonds is 5. The summed E-state index contributed by atoms with van der Waals surface area (Å²) in [6.07, 6.45) is -2.72. The normalized spacial score (nSPS) is 10.2. The van der Waals surface area contributed by atoms with E-state index in [1.54, 1.807) is 0 Å². The van der Waals surface area contributed by atoms with Gasteiger partial charge in [-0.15, -0.1) is 0 Å². The van der Waals surface area contributed by atoms with Crippen molar-refractivity contribution in [1.29, 1.82) is 0 Å². The van der Waals surface area contributed by atoms with E-state index < -0.39 is 18.4 Å². The number of amides is 3. The first kappa shape index (κ1) is 15.8. The molecule has 8 heteroatoms. The fourth-order valence-corrected chi connectivity index (χ4v) is 1.48. The molecule has 0 aliphatic carbocycles. The second-order valence-electron chi connectivity index (χ2n) is 3.83.